The van der Waals surface area contributed by atoms with Crippen LogP contribution in [0.5, 0.6) is 11.5 Å². The summed E-state index contributed by atoms with van der Waals surface area (Å²) in [4.78, 5) is 27.2. The first-order valence-corrected chi connectivity index (χ1v) is 13.8. The number of esters is 1. The Kier molecular flexibility index (Phi) is 6.96. The summed E-state index contributed by atoms with van der Waals surface area (Å²) in [7, 11) is 0. The highest BCUT2D eigenvalue weighted by atomic mass is 32.1. The minimum Gasteiger partial charge on any atom is -0.486 e. The van der Waals surface area contributed by atoms with Crippen LogP contribution in [-0.2, 0) is 11.3 Å². The molecule has 0 N–H and O–H groups in total. The Hall–Kier alpha value is -4.63. The number of thiophene rings is 1. The standard InChI is InChI=1S/C31H27N3O5S/c1-20-15-24(21(2)33(20)16-23-18-37-27-11-6-7-12-28(27)39-23)26(35)19-38-31(36)25-17-34(22-9-4-3-5-10-22)32-30(25)29-13-8-14-40-29/h3-15,17,23H,16,18-19H2,1-2H3/t23-/m1/s1. The summed E-state index contributed by atoms with van der Waals surface area (Å²) < 4.78 is 21.2. The highest BCUT2D eigenvalue weighted by Gasteiger charge is 2.25. The predicted molar refractivity (Wildman–Crippen MR) is 152 cm³/mol. The average molecular weight is 554 g/mol. The lowest BCUT2D eigenvalue weighted by atomic mass is 10.1. The van der Waals surface area contributed by atoms with Crippen molar-refractivity contribution in [2.45, 2.75) is 26.5 Å². The molecule has 9 heteroatoms. The summed E-state index contributed by atoms with van der Waals surface area (Å²) in [5, 5.41) is 6.57. The Morgan fingerprint density at radius 2 is 1.77 bits per heavy atom. The molecule has 0 amide bonds. The molecule has 6 rings (SSSR count). The van der Waals surface area contributed by atoms with E-state index in [9.17, 15) is 9.59 Å². The second-order valence-corrected chi connectivity index (χ2v) is 10.5. The second-order valence-electron chi connectivity index (χ2n) is 9.54. The van der Waals surface area contributed by atoms with Crippen LogP contribution >= 0.6 is 11.3 Å². The van der Waals surface area contributed by atoms with Crippen molar-refractivity contribution in [2.24, 2.45) is 0 Å². The molecule has 40 heavy (non-hydrogen) atoms. The molecule has 0 unspecified atom stereocenters. The molecule has 0 aliphatic carbocycles. The van der Waals surface area contributed by atoms with Crippen molar-refractivity contribution in [3.8, 4) is 27.8 Å². The zero-order chi connectivity index (χ0) is 27.6. The van der Waals surface area contributed by atoms with Gasteiger partial charge in [-0.1, -0.05) is 36.4 Å². The lowest BCUT2D eigenvalue weighted by Crippen LogP contribution is -2.33. The highest BCUT2D eigenvalue weighted by molar-refractivity contribution is 7.13. The van der Waals surface area contributed by atoms with Crippen LogP contribution in [0.1, 0.15) is 32.1 Å². The molecular formula is C31H27N3O5S. The van der Waals surface area contributed by atoms with Gasteiger partial charge in [0.05, 0.1) is 17.1 Å². The van der Waals surface area contributed by atoms with Crippen LogP contribution in [-0.4, -0.2) is 45.4 Å². The van der Waals surface area contributed by atoms with E-state index in [0.717, 1.165) is 27.7 Å². The Bertz CT molecular complexity index is 1670. The number of ketones is 1. The summed E-state index contributed by atoms with van der Waals surface area (Å²) in [6.07, 6.45) is 1.45. The van der Waals surface area contributed by atoms with Crippen molar-refractivity contribution in [1.29, 1.82) is 0 Å². The topological polar surface area (TPSA) is 84.6 Å². The Labute approximate surface area is 235 Å². The van der Waals surface area contributed by atoms with Crippen LogP contribution in [0, 0.1) is 13.8 Å². The van der Waals surface area contributed by atoms with E-state index in [4.69, 9.17) is 14.2 Å². The zero-order valence-corrected chi connectivity index (χ0v) is 22.9. The molecule has 0 bridgehead atoms. The van der Waals surface area contributed by atoms with Gasteiger partial charge in [-0.3, -0.25) is 4.79 Å². The third-order valence-corrected chi connectivity index (χ3v) is 7.75. The molecule has 5 aromatic rings. The van der Waals surface area contributed by atoms with Crippen molar-refractivity contribution >= 4 is 23.1 Å². The molecule has 1 atom stereocenters. The molecule has 0 saturated heterocycles. The van der Waals surface area contributed by atoms with E-state index < -0.39 is 5.97 Å². The van der Waals surface area contributed by atoms with Gasteiger partial charge in [-0.25, -0.2) is 9.48 Å². The van der Waals surface area contributed by atoms with Crippen molar-refractivity contribution in [3.63, 3.8) is 0 Å². The maximum absolute atomic E-state index is 13.2. The summed E-state index contributed by atoms with van der Waals surface area (Å²) >= 11 is 1.48. The fourth-order valence-corrected chi connectivity index (χ4v) is 5.56. The van der Waals surface area contributed by atoms with Gasteiger partial charge in [-0.15, -0.1) is 11.3 Å². The largest absolute Gasteiger partial charge is 0.486 e. The van der Waals surface area contributed by atoms with E-state index in [-0.39, 0.29) is 18.5 Å². The van der Waals surface area contributed by atoms with Crippen molar-refractivity contribution in [1.82, 2.24) is 14.3 Å². The second kappa shape index (κ2) is 10.9. The van der Waals surface area contributed by atoms with E-state index >= 15 is 0 Å². The van der Waals surface area contributed by atoms with Crippen molar-refractivity contribution in [3.05, 3.63) is 107 Å². The number of Topliss-reactive ketones (excluding diaryl/α,β-unsaturated/α-hetero) is 1. The molecule has 2 aromatic carbocycles. The normalized spacial score (nSPS) is 14.2. The smallest absolute Gasteiger partial charge is 0.342 e. The fraction of sp³-hybridized carbons (Fsp3) is 0.194. The average Bonchev–Trinajstić information content (AvgIpc) is 3.73. The Morgan fingerprint density at radius 3 is 2.55 bits per heavy atom. The fourth-order valence-electron chi connectivity index (χ4n) is 4.84. The first-order chi connectivity index (χ1) is 19.5. The number of hydrogen-bond donors (Lipinski definition) is 0. The van der Waals surface area contributed by atoms with Gasteiger partial charge >= 0.3 is 5.97 Å². The minimum atomic E-state index is -0.598. The molecule has 0 radical (unpaired) electrons. The molecule has 8 nitrogen and oxygen atoms in total. The Morgan fingerprint density at radius 1 is 1.00 bits per heavy atom. The van der Waals surface area contributed by atoms with Gasteiger partial charge in [0.15, 0.2) is 24.2 Å². The zero-order valence-electron chi connectivity index (χ0n) is 22.1. The molecule has 4 heterocycles. The summed E-state index contributed by atoms with van der Waals surface area (Å²) in [5.74, 6) is 0.571. The third kappa shape index (κ3) is 5.03. The maximum atomic E-state index is 13.2. The number of aromatic nitrogens is 3. The SMILES string of the molecule is Cc1cc(C(=O)COC(=O)c2cn(-c3ccccc3)nc2-c2cccs2)c(C)n1C[C@@H]1COc2ccccc2O1. The monoisotopic (exact) mass is 553 g/mol. The number of carbonyl (C=O) groups is 2. The maximum Gasteiger partial charge on any atom is 0.342 e. The number of ether oxygens (including phenoxy) is 3. The third-order valence-electron chi connectivity index (χ3n) is 6.87. The first kappa shape index (κ1) is 25.6. The lowest BCUT2D eigenvalue weighted by Gasteiger charge is -2.27. The molecule has 202 valence electrons. The van der Waals surface area contributed by atoms with E-state index in [2.05, 4.69) is 5.10 Å². The van der Waals surface area contributed by atoms with Gasteiger partial charge in [-0.05, 0) is 55.6 Å². The van der Waals surface area contributed by atoms with E-state index in [1.807, 2.05) is 96.6 Å². The minimum absolute atomic E-state index is 0.197. The summed E-state index contributed by atoms with van der Waals surface area (Å²) in [6.45, 7) is 4.40. The first-order valence-electron chi connectivity index (χ1n) is 12.9. The van der Waals surface area contributed by atoms with E-state index in [1.165, 1.54) is 11.3 Å². The highest BCUT2D eigenvalue weighted by Crippen LogP contribution is 2.32. The number of aryl methyl sites for hydroxylation is 1. The number of benzene rings is 2. The Balaban J connectivity index is 1.16. The molecule has 1 aliphatic heterocycles. The van der Waals surface area contributed by atoms with Crippen LogP contribution in [0.2, 0.25) is 0 Å². The van der Waals surface area contributed by atoms with E-state index in [1.54, 1.807) is 10.9 Å². The number of fused-ring (bicyclic) bond motifs is 1. The van der Waals surface area contributed by atoms with Gasteiger partial charge in [0.1, 0.15) is 17.9 Å². The molecule has 3 aromatic heterocycles. The number of nitrogens with zero attached hydrogens (tertiary/aromatic N) is 3. The quantitative estimate of drug-likeness (QED) is 0.176. The summed E-state index contributed by atoms with van der Waals surface area (Å²) in [6, 6.07) is 22.7. The molecule has 1 aliphatic rings. The summed E-state index contributed by atoms with van der Waals surface area (Å²) in [5.41, 5.74) is 3.86. The van der Waals surface area contributed by atoms with Gasteiger partial charge < -0.3 is 18.8 Å². The van der Waals surface area contributed by atoms with Crippen molar-refractivity contribution in [2.75, 3.05) is 13.2 Å². The van der Waals surface area contributed by atoms with Gasteiger partial charge in [0.25, 0.3) is 0 Å². The van der Waals surface area contributed by atoms with Crippen LogP contribution in [0.3, 0.4) is 0 Å². The molecule has 0 saturated carbocycles. The number of para-hydroxylation sites is 3. The number of rotatable bonds is 8. The lowest BCUT2D eigenvalue weighted by molar-refractivity contribution is 0.0475. The van der Waals surface area contributed by atoms with Crippen LogP contribution in [0.4, 0.5) is 0 Å². The van der Waals surface area contributed by atoms with Gasteiger partial charge in [0, 0.05) is 23.1 Å². The molecular weight excluding hydrogens is 526 g/mol. The predicted octanol–water partition coefficient (Wildman–Crippen LogP) is 5.90. The molecule has 0 spiro atoms. The number of carbonyl (C=O) groups excluding carboxylic acids is 2. The van der Waals surface area contributed by atoms with Crippen molar-refractivity contribution < 1.29 is 23.8 Å². The van der Waals surface area contributed by atoms with Gasteiger partial charge in [0.2, 0.25) is 5.78 Å². The number of hydrogen-bond acceptors (Lipinski definition) is 7. The van der Waals surface area contributed by atoms with Crippen LogP contribution in [0.25, 0.3) is 16.3 Å². The molecule has 0 fully saturated rings. The van der Waals surface area contributed by atoms with E-state index in [0.29, 0.717) is 35.7 Å². The van der Waals surface area contributed by atoms with Gasteiger partial charge in [-0.2, -0.15) is 5.10 Å². The van der Waals surface area contributed by atoms with Crippen LogP contribution < -0.4 is 9.47 Å². The van der Waals surface area contributed by atoms with Crippen LogP contribution in [0.15, 0.2) is 84.4 Å².